The molecule has 2 aromatic carbocycles. The third-order valence-corrected chi connectivity index (χ3v) is 3.86. The topological polar surface area (TPSA) is 59.6 Å². The van der Waals surface area contributed by atoms with Crippen LogP contribution in [-0.4, -0.2) is 23.7 Å². The summed E-state index contributed by atoms with van der Waals surface area (Å²) in [6.07, 6.45) is 0.989. The van der Waals surface area contributed by atoms with Crippen LogP contribution in [0.3, 0.4) is 0 Å². The molecule has 0 spiro atoms. The maximum atomic E-state index is 12.4. The molecule has 1 unspecified atom stereocenters. The first kappa shape index (κ1) is 19.7. The van der Waals surface area contributed by atoms with Crippen molar-refractivity contribution in [2.75, 3.05) is 11.9 Å². The molecule has 0 radical (unpaired) electrons. The van der Waals surface area contributed by atoms with Gasteiger partial charge >= 0.3 is 0 Å². The Balaban J connectivity index is 1.94. The predicted octanol–water partition coefficient (Wildman–Crippen LogP) is 4.39. The van der Waals surface area contributed by atoms with Crippen LogP contribution in [0.1, 0.15) is 37.6 Å². The normalized spacial score (nSPS) is 11.3. The maximum Gasteiger partial charge on any atom is 0.257 e. The summed E-state index contributed by atoms with van der Waals surface area (Å²) < 4.78 is 11.1. The van der Waals surface area contributed by atoms with E-state index in [0.29, 0.717) is 17.9 Å². The Bertz CT molecular complexity index is 747. The highest BCUT2D eigenvalue weighted by molar-refractivity contribution is 7.80. The standard InChI is InChI=1S/C20H24N2O3S/c1-4-14(3)25-18-8-6-7-15(13-18)19(23)22-20(26)21-16-9-11-17(12-10-16)24-5-2/h6-14H,4-5H2,1-3H3,(H2,21,22,23,26). The zero-order chi connectivity index (χ0) is 18.9. The third-order valence-electron chi connectivity index (χ3n) is 3.66. The van der Waals surface area contributed by atoms with Crippen molar-refractivity contribution in [3.05, 3.63) is 54.1 Å². The number of anilines is 1. The minimum absolute atomic E-state index is 0.0933. The first-order chi connectivity index (χ1) is 12.5. The van der Waals surface area contributed by atoms with Gasteiger partial charge in [-0.25, -0.2) is 0 Å². The van der Waals surface area contributed by atoms with Crippen molar-refractivity contribution < 1.29 is 14.3 Å². The van der Waals surface area contributed by atoms with E-state index in [9.17, 15) is 4.79 Å². The molecule has 2 aromatic rings. The molecule has 5 nitrogen and oxygen atoms in total. The Morgan fingerprint density at radius 1 is 1.12 bits per heavy atom. The van der Waals surface area contributed by atoms with Gasteiger partial charge in [-0.3, -0.25) is 10.1 Å². The summed E-state index contributed by atoms with van der Waals surface area (Å²) in [5.41, 5.74) is 1.26. The number of nitrogens with one attached hydrogen (secondary N) is 2. The molecule has 2 N–H and O–H groups in total. The van der Waals surface area contributed by atoms with Gasteiger partial charge in [-0.2, -0.15) is 0 Å². The van der Waals surface area contributed by atoms with E-state index < -0.39 is 0 Å². The quantitative estimate of drug-likeness (QED) is 0.706. The van der Waals surface area contributed by atoms with Gasteiger partial charge in [0.15, 0.2) is 5.11 Å². The predicted molar refractivity (Wildman–Crippen MR) is 108 cm³/mol. The van der Waals surface area contributed by atoms with Gasteiger partial charge in [0.25, 0.3) is 5.91 Å². The number of ether oxygens (including phenoxy) is 2. The molecule has 0 bridgehead atoms. The fraction of sp³-hybridized carbons (Fsp3) is 0.300. The van der Waals surface area contributed by atoms with Crippen LogP contribution in [0.4, 0.5) is 5.69 Å². The second-order valence-electron chi connectivity index (χ2n) is 5.73. The van der Waals surface area contributed by atoms with E-state index in [-0.39, 0.29) is 17.1 Å². The fourth-order valence-electron chi connectivity index (χ4n) is 2.17. The Hall–Kier alpha value is -2.60. The van der Waals surface area contributed by atoms with Crippen LogP contribution < -0.4 is 20.1 Å². The number of rotatable bonds is 7. The number of benzene rings is 2. The van der Waals surface area contributed by atoms with E-state index in [4.69, 9.17) is 21.7 Å². The Labute approximate surface area is 159 Å². The zero-order valence-corrected chi connectivity index (χ0v) is 16.1. The van der Waals surface area contributed by atoms with E-state index >= 15 is 0 Å². The number of hydrogen-bond acceptors (Lipinski definition) is 4. The fourth-order valence-corrected chi connectivity index (χ4v) is 2.38. The van der Waals surface area contributed by atoms with Gasteiger partial charge in [0.2, 0.25) is 0 Å². The summed E-state index contributed by atoms with van der Waals surface area (Å²) in [6.45, 7) is 6.58. The zero-order valence-electron chi connectivity index (χ0n) is 15.2. The van der Waals surface area contributed by atoms with Crippen molar-refractivity contribution in [3.8, 4) is 11.5 Å². The van der Waals surface area contributed by atoms with Crippen LogP contribution in [0.25, 0.3) is 0 Å². The molecular formula is C20H24N2O3S. The van der Waals surface area contributed by atoms with E-state index in [0.717, 1.165) is 17.9 Å². The lowest BCUT2D eigenvalue weighted by Crippen LogP contribution is -2.34. The van der Waals surface area contributed by atoms with E-state index in [2.05, 4.69) is 10.6 Å². The SMILES string of the molecule is CCOc1ccc(NC(=S)NC(=O)c2cccc(OC(C)CC)c2)cc1. The number of carbonyl (C=O) groups excluding carboxylic acids is 1. The van der Waals surface area contributed by atoms with Gasteiger partial charge in [-0.15, -0.1) is 0 Å². The Morgan fingerprint density at radius 3 is 2.50 bits per heavy atom. The van der Waals surface area contributed by atoms with E-state index in [1.165, 1.54) is 0 Å². The Kier molecular flexibility index (Phi) is 7.41. The molecule has 1 atom stereocenters. The summed E-state index contributed by atoms with van der Waals surface area (Å²) in [6, 6.07) is 14.4. The molecular weight excluding hydrogens is 348 g/mol. The molecule has 0 fully saturated rings. The summed E-state index contributed by atoms with van der Waals surface area (Å²) in [5.74, 6) is 1.16. The average molecular weight is 372 g/mol. The van der Waals surface area contributed by atoms with Gasteiger partial charge in [0.05, 0.1) is 12.7 Å². The molecule has 6 heteroatoms. The lowest BCUT2D eigenvalue weighted by molar-refractivity contribution is 0.0977. The van der Waals surface area contributed by atoms with Crippen LogP contribution >= 0.6 is 12.2 Å². The molecule has 0 aliphatic heterocycles. The summed E-state index contributed by atoms with van der Waals surface area (Å²) in [4.78, 5) is 12.4. The largest absolute Gasteiger partial charge is 0.494 e. The maximum absolute atomic E-state index is 12.4. The molecule has 1 amide bonds. The van der Waals surface area contributed by atoms with Crippen molar-refractivity contribution >= 4 is 28.9 Å². The number of carbonyl (C=O) groups is 1. The first-order valence-electron chi connectivity index (χ1n) is 8.63. The van der Waals surface area contributed by atoms with Gasteiger partial charge in [-0.05, 0) is 75.0 Å². The molecule has 0 saturated carbocycles. The van der Waals surface area contributed by atoms with Gasteiger partial charge in [0.1, 0.15) is 11.5 Å². The summed E-state index contributed by atoms with van der Waals surface area (Å²) in [5, 5.41) is 5.88. The lowest BCUT2D eigenvalue weighted by Gasteiger charge is -2.14. The van der Waals surface area contributed by atoms with E-state index in [1.807, 2.05) is 51.1 Å². The van der Waals surface area contributed by atoms with Gasteiger partial charge < -0.3 is 14.8 Å². The van der Waals surface area contributed by atoms with Crippen molar-refractivity contribution in [2.45, 2.75) is 33.3 Å². The molecule has 2 rings (SSSR count). The van der Waals surface area contributed by atoms with Crippen molar-refractivity contribution in [2.24, 2.45) is 0 Å². The molecule has 0 heterocycles. The number of thiocarbonyl (C=S) groups is 1. The summed E-state index contributed by atoms with van der Waals surface area (Å²) in [7, 11) is 0. The van der Waals surface area contributed by atoms with Crippen molar-refractivity contribution in [1.29, 1.82) is 0 Å². The van der Waals surface area contributed by atoms with Crippen LogP contribution in [0, 0.1) is 0 Å². The minimum Gasteiger partial charge on any atom is -0.494 e. The Morgan fingerprint density at radius 2 is 1.85 bits per heavy atom. The van der Waals surface area contributed by atoms with Crippen LogP contribution in [0.15, 0.2) is 48.5 Å². The monoisotopic (exact) mass is 372 g/mol. The van der Waals surface area contributed by atoms with Crippen LogP contribution in [0.5, 0.6) is 11.5 Å². The smallest absolute Gasteiger partial charge is 0.257 e. The second-order valence-corrected chi connectivity index (χ2v) is 6.14. The number of hydrogen-bond donors (Lipinski definition) is 2. The molecule has 0 aromatic heterocycles. The van der Waals surface area contributed by atoms with Gasteiger partial charge in [0, 0.05) is 11.3 Å². The minimum atomic E-state index is -0.289. The highest BCUT2D eigenvalue weighted by Crippen LogP contribution is 2.17. The lowest BCUT2D eigenvalue weighted by atomic mass is 10.2. The van der Waals surface area contributed by atoms with Crippen molar-refractivity contribution in [3.63, 3.8) is 0 Å². The average Bonchev–Trinajstić information content (AvgIpc) is 2.63. The molecule has 138 valence electrons. The van der Waals surface area contributed by atoms with E-state index in [1.54, 1.807) is 18.2 Å². The van der Waals surface area contributed by atoms with Gasteiger partial charge in [-0.1, -0.05) is 13.0 Å². The first-order valence-corrected chi connectivity index (χ1v) is 9.04. The third kappa shape index (κ3) is 6.04. The van der Waals surface area contributed by atoms with Crippen LogP contribution in [0.2, 0.25) is 0 Å². The number of amides is 1. The summed E-state index contributed by atoms with van der Waals surface area (Å²) >= 11 is 5.21. The highest BCUT2D eigenvalue weighted by atomic mass is 32.1. The van der Waals surface area contributed by atoms with Crippen molar-refractivity contribution in [1.82, 2.24) is 5.32 Å². The second kappa shape index (κ2) is 9.77. The molecule has 0 aliphatic carbocycles. The highest BCUT2D eigenvalue weighted by Gasteiger charge is 2.10. The molecule has 26 heavy (non-hydrogen) atoms. The molecule has 0 aliphatic rings. The van der Waals surface area contributed by atoms with Crippen LogP contribution in [-0.2, 0) is 0 Å². The molecule has 0 saturated heterocycles.